The molecule has 0 atom stereocenters. The van der Waals surface area contributed by atoms with Crippen LogP contribution < -0.4 is 5.32 Å². The van der Waals surface area contributed by atoms with Crippen molar-refractivity contribution in [1.82, 2.24) is 30.0 Å². The van der Waals surface area contributed by atoms with Gasteiger partial charge in [0.25, 0.3) is 0 Å². The topological polar surface area (TPSA) is 75.9 Å². The van der Waals surface area contributed by atoms with E-state index in [1.165, 1.54) is 12.8 Å². The molecule has 1 N–H and O–H groups in total. The summed E-state index contributed by atoms with van der Waals surface area (Å²) in [5, 5.41) is 11.4. The first kappa shape index (κ1) is 15.5. The molecule has 1 aliphatic heterocycles. The second-order valence-electron chi connectivity index (χ2n) is 5.87. The van der Waals surface area contributed by atoms with E-state index >= 15 is 0 Å². The van der Waals surface area contributed by atoms with Crippen LogP contribution in [-0.2, 0) is 26.1 Å². The molecule has 0 saturated heterocycles. The van der Waals surface area contributed by atoms with E-state index in [0.29, 0.717) is 13.1 Å². The highest BCUT2D eigenvalue weighted by Gasteiger charge is 2.16. The van der Waals surface area contributed by atoms with Crippen LogP contribution in [0.25, 0.3) is 0 Å². The molecule has 1 aliphatic rings. The molecular weight excluding hydrogens is 292 g/mol. The van der Waals surface area contributed by atoms with E-state index in [9.17, 15) is 4.79 Å². The summed E-state index contributed by atoms with van der Waals surface area (Å²) in [5.74, 6) is 1.88. The van der Waals surface area contributed by atoms with Crippen molar-refractivity contribution in [3.05, 3.63) is 41.7 Å². The molecule has 0 unspecified atom stereocenters. The van der Waals surface area contributed by atoms with Crippen LogP contribution in [0.2, 0.25) is 0 Å². The molecule has 3 heterocycles. The van der Waals surface area contributed by atoms with Gasteiger partial charge < -0.3 is 14.8 Å². The molecule has 0 aliphatic carbocycles. The summed E-state index contributed by atoms with van der Waals surface area (Å²) < 4.78 is 2.15. The molecule has 2 aromatic rings. The summed E-state index contributed by atoms with van der Waals surface area (Å²) in [6.07, 6.45) is 8.00. The third kappa shape index (κ3) is 3.85. The van der Waals surface area contributed by atoms with Crippen molar-refractivity contribution < 1.29 is 4.79 Å². The van der Waals surface area contributed by atoms with Gasteiger partial charge in [-0.3, -0.25) is 4.98 Å². The van der Waals surface area contributed by atoms with Gasteiger partial charge in [-0.1, -0.05) is 12.5 Å². The third-order valence-corrected chi connectivity index (χ3v) is 4.07. The monoisotopic (exact) mass is 314 g/mol. The Morgan fingerprint density at radius 3 is 3.09 bits per heavy atom. The Bertz CT molecular complexity index is 654. The van der Waals surface area contributed by atoms with E-state index < -0.39 is 0 Å². The van der Waals surface area contributed by atoms with Crippen LogP contribution in [0.4, 0.5) is 4.79 Å². The normalized spacial score (nSPS) is 14.0. The van der Waals surface area contributed by atoms with Gasteiger partial charge in [0.05, 0.1) is 6.54 Å². The number of aryl methyl sites for hydroxylation is 1. The zero-order valence-electron chi connectivity index (χ0n) is 13.4. The van der Waals surface area contributed by atoms with Gasteiger partial charge in [-0.2, -0.15) is 0 Å². The molecule has 0 saturated carbocycles. The van der Waals surface area contributed by atoms with Crippen LogP contribution in [0.15, 0.2) is 24.5 Å². The van der Waals surface area contributed by atoms with Gasteiger partial charge in [-0.15, -0.1) is 10.2 Å². The maximum Gasteiger partial charge on any atom is 0.317 e. The second-order valence-corrected chi connectivity index (χ2v) is 5.87. The van der Waals surface area contributed by atoms with E-state index in [-0.39, 0.29) is 6.03 Å². The summed E-state index contributed by atoms with van der Waals surface area (Å²) in [4.78, 5) is 17.9. The lowest BCUT2D eigenvalue weighted by Gasteiger charge is -2.18. The molecule has 0 bridgehead atoms. The lowest BCUT2D eigenvalue weighted by atomic mass is 10.2. The molecule has 0 radical (unpaired) electrons. The van der Waals surface area contributed by atoms with Gasteiger partial charge in [0, 0.05) is 39.0 Å². The van der Waals surface area contributed by atoms with Gasteiger partial charge >= 0.3 is 6.03 Å². The number of carbonyl (C=O) groups excluding carboxylic acids is 1. The van der Waals surface area contributed by atoms with E-state index in [0.717, 1.165) is 36.6 Å². The molecule has 0 aromatic carbocycles. The molecule has 0 spiro atoms. The smallest absolute Gasteiger partial charge is 0.317 e. The predicted octanol–water partition coefficient (Wildman–Crippen LogP) is 1.74. The zero-order valence-corrected chi connectivity index (χ0v) is 13.4. The van der Waals surface area contributed by atoms with Gasteiger partial charge in [0.2, 0.25) is 0 Å². The Balaban J connectivity index is 1.56. The first-order valence-electron chi connectivity index (χ1n) is 8.03. The van der Waals surface area contributed by atoms with Gasteiger partial charge in [-0.25, -0.2) is 4.79 Å². The second kappa shape index (κ2) is 7.21. The van der Waals surface area contributed by atoms with Gasteiger partial charge in [0.1, 0.15) is 5.82 Å². The third-order valence-electron chi connectivity index (χ3n) is 4.07. The van der Waals surface area contributed by atoms with Crippen LogP contribution in [0.5, 0.6) is 0 Å². The molecule has 23 heavy (non-hydrogen) atoms. The number of hydrogen-bond donors (Lipinski definition) is 1. The lowest BCUT2D eigenvalue weighted by molar-refractivity contribution is 0.206. The highest BCUT2D eigenvalue weighted by Crippen LogP contribution is 2.14. The number of nitrogens with one attached hydrogen (secondary N) is 1. The van der Waals surface area contributed by atoms with Gasteiger partial charge in [0.15, 0.2) is 5.82 Å². The summed E-state index contributed by atoms with van der Waals surface area (Å²) in [6, 6.07) is 3.70. The number of aromatic nitrogens is 4. The summed E-state index contributed by atoms with van der Waals surface area (Å²) >= 11 is 0. The quantitative estimate of drug-likeness (QED) is 0.932. The molecular formula is C16H22N6O. The molecule has 2 aromatic heterocycles. The number of urea groups is 1. The number of hydrogen-bond acceptors (Lipinski definition) is 4. The Labute approximate surface area is 135 Å². The minimum absolute atomic E-state index is 0.125. The number of rotatable bonds is 4. The molecule has 122 valence electrons. The highest BCUT2D eigenvalue weighted by molar-refractivity contribution is 5.73. The van der Waals surface area contributed by atoms with E-state index in [2.05, 4.69) is 25.1 Å². The Hall–Kier alpha value is -2.44. The lowest BCUT2D eigenvalue weighted by Crippen LogP contribution is -2.37. The predicted molar refractivity (Wildman–Crippen MR) is 85.5 cm³/mol. The first-order valence-corrected chi connectivity index (χ1v) is 8.03. The maximum absolute atomic E-state index is 12.2. The molecule has 3 rings (SSSR count). The summed E-state index contributed by atoms with van der Waals surface area (Å²) in [6.45, 7) is 1.87. The Kier molecular flexibility index (Phi) is 4.85. The van der Waals surface area contributed by atoms with E-state index in [4.69, 9.17) is 0 Å². The van der Waals surface area contributed by atoms with Crippen molar-refractivity contribution in [2.24, 2.45) is 0 Å². The maximum atomic E-state index is 12.2. The van der Waals surface area contributed by atoms with Crippen molar-refractivity contribution in [2.45, 2.75) is 45.3 Å². The van der Waals surface area contributed by atoms with Crippen LogP contribution in [0.3, 0.4) is 0 Å². The largest absolute Gasteiger partial charge is 0.331 e. The molecule has 2 amide bonds. The van der Waals surface area contributed by atoms with Crippen molar-refractivity contribution in [2.75, 3.05) is 7.05 Å². The SMILES string of the molecule is CN(Cc1cccnc1)C(=O)NCc1nnc2n1CCCCC2. The van der Waals surface area contributed by atoms with Crippen molar-refractivity contribution >= 4 is 6.03 Å². The fraction of sp³-hybridized carbons (Fsp3) is 0.500. The molecule has 7 nitrogen and oxygen atoms in total. The first-order chi connectivity index (χ1) is 11.2. The number of nitrogens with zero attached hydrogens (tertiary/aromatic N) is 5. The van der Waals surface area contributed by atoms with Crippen LogP contribution in [0.1, 0.15) is 36.5 Å². The van der Waals surface area contributed by atoms with E-state index in [1.54, 1.807) is 24.3 Å². The Morgan fingerprint density at radius 2 is 2.26 bits per heavy atom. The van der Waals surface area contributed by atoms with Crippen LogP contribution in [-0.4, -0.2) is 37.7 Å². The zero-order chi connectivity index (χ0) is 16.1. The average Bonchev–Trinajstić information content (AvgIpc) is 2.80. The fourth-order valence-corrected chi connectivity index (χ4v) is 2.80. The van der Waals surface area contributed by atoms with Crippen molar-refractivity contribution in [3.63, 3.8) is 0 Å². The van der Waals surface area contributed by atoms with Gasteiger partial charge in [-0.05, 0) is 24.5 Å². The number of carbonyl (C=O) groups is 1. The molecule has 0 fully saturated rings. The Morgan fingerprint density at radius 1 is 1.35 bits per heavy atom. The number of amides is 2. The van der Waals surface area contributed by atoms with Crippen molar-refractivity contribution in [1.29, 1.82) is 0 Å². The number of pyridine rings is 1. The fourth-order valence-electron chi connectivity index (χ4n) is 2.80. The number of fused-ring (bicyclic) bond motifs is 1. The summed E-state index contributed by atoms with van der Waals surface area (Å²) in [5.41, 5.74) is 1.00. The standard InChI is InChI=1S/C16H22N6O/c1-21(12-13-6-5-8-17-10-13)16(23)18-11-15-20-19-14-7-3-2-4-9-22(14)15/h5-6,8,10H,2-4,7,9,11-12H2,1H3,(H,18,23). The summed E-state index contributed by atoms with van der Waals surface area (Å²) in [7, 11) is 1.77. The minimum atomic E-state index is -0.125. The highest BCUT2D eigenvalue weighted by atomic mass is 16.2. The molecule has 7 heteroatoms. The van der Waals surface area contributed by atoms with Crippen molar-refractivity contribution in [3.8, 4) is 0 Å². The minimum Gasteiger partial charge on any atom is -0.331 e. The van der Waals surface area contributed by atoms with Crippen LogP contribution >= 0.6 is 0 Å². The van der Waals surface area contributed by atoms with E-state index in [1.807, 2.05) is 12.1 Å². The average molecular weight is 314 g/mol. The van der Waals surface area contributed by atoms with Crippen LogP contribution in [0, 0.1) is 0 Å².